The molecule has 0 unspecified atom stereocenters. The zero-order valence-corrected chi connectivity index (χ0v) is 13.6. The second kappa shape index (κ2) is 5.98. The third kappa shape index (κ3) is 2.94. The Balaban J connectivity index is 1.50. The maximum absolute atomic E-state index is 12.3. The lowest BCUT2D eigenvalue weighted by molar-refractivity contribution is 0.0950. The maximum Gasteiger partial charge on any atom is 0.251 e. The molecule has 2 aromatic carbocycles. The van der Waals surface area contributed by atoms with E-state index in [2.05, 4.69) is 10.3 Å². The number of carbonyl (C=O) groups excluding carboxylic acids is 1. The highest BCUT2D eigenvalue weighted by atomic mass is 16.7. The molecule has 0 fully saturated rings. The first-order valence-electron chi connectivity index (χ1n) is 7.90. The lowest BCUT2D eigenvalue weighted by Gasteiger charge is -2.08. The molecule has 6 heteroatoms. The van der Waals surface area contributed by atoms with E-state index in [4.69, 9.17) is 9.47 Å². The molecule has 1 aliphatic rings. The van der Waals surface area contributed by atoms with Crippen LogP contribution in [0, 0.1) is 6.92 Å². The fraction of sp³-hybridized carbons (Fsp3) is 0.158. The number of hydrogen-bond acceptors (Lipinski definition) is 4. The first kappa shape index (κ1) is 15.3. The number of aryl methyl sites for hydroxylation is 1. The first-order chi connectivity index (χ1) is 12.1. The number of carbonyl (C=O) groups is 1. The number of amides is 1. The summed E-state index contributed by atoms with van der Waals surface area (Å²) >= 11 is 0. The van der Waals surface area contributed by atoms with E-state index < -0.39 is 0 Å². The first-order valence-corrected chi connectivity index (χ1v) is 7.90. The summed E-state index contributed by atoms with van der Waals surface area (Å²) in [4.78, 5) is 26.8. The number of fused-ring (bicyclic) bond motifs is 2. The fourth-order valence-electron chi connectivity index (χ4n) is 2.80. The fourth-order valence-corrected chi connectivity index (χ4v) is 2.80. The molecule has 25 heavy (non-hydrogen) atoms. The van der Waals surface area contributed by atoms with E-state index in [0.717, 1.165) is 16.5 Å². The number of rotatable bonds is 3. The number of hydrogen-bond donors (Lipinski definition) is 2. The Morgan fingerprint density at radius 1 is 1.12 bits per heavy atom. The molecule has 1 aliphatic heterocycles. The van der Waals surface area contributed by atoms with Gasteiger partial charge in [0.05, 0.1) is 0 Å². The monoisotopic (exact) mass is 336 g/mol. The molecule has 4 rings (SSSR count). The van der Waals surface area contributed by atoms with Gasteiger partial charge in [0.15, 0.2) is 11.5 Å². The summed E-state index contributed by atoms with van der Waals surface area (Å²) in [6.45, 7) is 2.34. The van der Waals surface area contributed by atoms with Gasteiger partial charge in [0.25, 0.3) is 11.5 Å². The second-order valence-electron chi connectivity index (χ2n) is 5.95. The van der Waals surface area contributed by atoms with E-state index in [1.807, 2.05) is 24.3 Å². The highest BCUT2D eigenvalue weighted by Crippen LogP contribution is 2.32. The van der Waals surface area contributed by atoms with E-state index in [-0.39, 0.29) is 18.3 Å². The zero-order valence-electron chi connectivity index (χ0n) is 13.6. The summed E-state index contributed by atoms with van der Waals surface area (Å²) in [5.41, 5.74) is 2.82. The van der Waals surface area contributed by atoms with E-state index in [9.17, 15) is 9.59 Å². The Labute approximate surface area is 143 Å². The summed E-state index contributed by atoms with van der Waals surface area (Å²) < 4.78 is 10.5. The molecule has 2 heterocycles. The molecule has 1 aromatic heterocycles. The molecule has 0 aliphatic carbocycles. The summed E-state index contributed by atoms with van der Waals surface area (Å²) in [6.07, 6.45) is 0. The number of aromatic amines is 1. The minimum Gasteiger partial charge on any atom is -0.454 e. The number of benzene rings is 2. The van der Waals surface area contributed by atoms with Crippen molar-refractivity contribution in [1.29, 1.82) is 0 Å². The van der Waals surface area contributed by atoms with E-state index >= 15 is 0 Å². The van der Waals surface area contributed by atoms with Crippen LogP contribution in [0.25, 0.3) is 10.9 Å². The average molecular weight is 336 g/mol. The molecule has 0 bridgehead atoms. The van der Waals surface area contributed by atoms with Crippen molar-refractivity contribution in [3.8, 4) is 11.5 Å². The maximum atomic E-state index is 12.3. The molecule has 1 amide bonds. The molecule has 0 radical (unpaired) electrons. The summed E-state index contributed by atoms with van der Waals surface area (Å²) in [5.74, 6) is 1.05. The quantitative estimate of drug-likeness (QED) is 0.770. The zero-order chi connectivity index (χ0) is 17.4. The SMILES string of the molecule is Cc1cc2cc(CNC(=O)c3ccc4c(c3)OCO4)ccc2[nH]c1=O. The van der Waals surface area contributed by atoms with Crippen molar-refractivity contribution in [1.82, 2.24) is 10.3 Å². The van der Waals surface area contributed by atoms with Gasteiger partial charge in [-0.15, -0.1) is 0 Å². The van der Waals surface area contributed by atoms with Crippen molar-refractivity contribution in [3.05, 3.63) is 69.5 Å². The number of ether oxygens (including phenoxy) is 2. The van der Waals surface area contributed by atoms with E-state index in [1.54, 1.807) is 25.1 Å². The van der Waals surface area contributed by atoms with Gasteiger partial charge in [-0.1, -0.05) is 6.07 Å². The topological polar surface area (TPSA) is 80.4 Å². The predicted molar refractivity (Wildman–Crippen MR) is 93.0 cm³/mol. The largest absolute Gasteiger partial charge is 0.454 e. The van der Waals surface area contributed by atoms with Gasteiger partial charge >= 0.3 is 0 Å². The van der Waals surface area contributed by atoms with Crippen LogP contribution in [0.5, 0.6) is 11.5 Å². The van der Waals surface area contributed by atoms with Crippen LogP contribution >= 0.6 is 0 Å². The van der Waals surface area contributed by atoms with Crippen molar-refractivity contribution in [3.63, 3.8) is 0 Å². The standard InChI is InChI=1S/C19H16N2O4/c1-11-6-14-7-12(2-4-15(14)21-18(11)22)9-20-19(23)13-3-5-16-17(8-13)25-10-24-16/h2-8H,9-10H2,1H3,(H,20,23)(H,21,22). The van der Waals surface area contributed by atoms with Crippen LogP contribution in [-0.4, -0.2) is 17.7 Å². The van der Waals surface area contributed by atoms with E-state index in [0.29, 0.717) is 29.2 Å². The van der Waals surface area contributed by atoms with Crippen LogP contribution in [0.1, 0.15) is 21.5 Å². The number of nitrogens with one attached hydrogen (secondary N) is 2. The minimum atomic E-state index is -0.184. The predicted octanol–water partition coefficient (Wildman–Crippen LogP) is 2.50. The number of aromatic nitrogens is 1. The molecule has 3 aromatic rings. The van der Waals surface area contributed by atoms with Crippen molar-refractivity contribution in [2.45, 2.75) is 13.5 Å². The van der Waals surface area contributed by atoms with Gasteiger partial charge in [0.2, 0.25) is 6.79 Å². The summed E-state index contributed by atoms with van der Waals surface area (Å²) in [7, 11) is 0. The van der Waals surface area contributed by atoms with Crippen LogP contribution in [0.4, 0.5) is 0 Å². The number of pyridine rings is 1. The Hall–Kier alpha value is -3.28. The van der Waals surface area contributed by atoms with Crippen LogP contribution < -0.4 is 20.3 Å². The van der Waals surface area contributed by atoms with Crippen LogP contribution in [-0.2, 0) is 6.54 Å². The van der Waals surface area contributed by atoms with Crippen molar-refractivity contribution in [2.24, 2.45) is 0 Å². The lowest BCUT2D eigenvalue weighted by Crippen LogP contribution is -2.22. The smallest absolute Gasteiger partial charge is 0.251 e. The summed E-state index contributed by atoms with van der Waals surface area (Å²) in [5, 5.41) is 3.83. The third-order valence-electron chi connectivity index (χ3n) is 4.18. The number of H-pyrrole nitrogens is 1. The van der Waals surface area contributed by atoms with Gasteiger partial charge < -0.3 is 19.8 Å². The van der Waals surface area contributed by atoms with Crippen LogP contribution in [0.3, 0.4) is 0 Å². The normalized spacial score (nSPS) is 12.4. The van der Waals surface area contributed by atoms with Crippen molar-refractivity contribution >= 4 is 16.8 Å². The molecule has 2 N–H and O–H groups in total. The Morgan fingerprint density at radius 2 is 1.96 bits per heavy atom. The lowest BCUT2D eigenvalue weighted by atomic mass is 10.1. The average Bonchev–Trinajstić information content (AvgIpc) is 3.08. The Bertz CT molecular complexity index is 1040. The van der Waals surface area contributed by atoms with Gasteiger partial charge in [-0.2, -0.15) is 0 Å². The molecular weight excluding hydrogens is 320 g/mol. The van der Waals surface area contributed by atoms with Crippen molar-refractivity contribution in [2.75, 3.05) is 6.79 Å². The molecule has 0 saturated heterocycles. The van der Waals surface area contributed by atoms with Crippen molar-refractivity contribution < 1.29 is 14.3 Å². The molecule has 0 saturated carbocycles. The van der Waals surface area contributed by atoms with Gasteiger partial charge in [-0.25, -0.2) is 0 Å². The van der Waals surface area contributed by atoms with Crippen LogP contribution in [0.2, 0.25) is 0 Å². The van der Waals surface area contributed by atoms with Gasteiger partial charge in [-0.3, -0.25) is 9.59 Å². The van der Waals surface area contributed by atoms with Gasteiger partial charge in [0, 0.05) is 23.2 Å². The molecule has 6 nitrogen and oxygen atoms in total. The molecule has 126 valence electrons. The molecular formula is C19H16N2O4. The second-order valence-corrected chi connectivity index (χ2v) is 5.95. The van der Waals surface area contributed by atoms with Gasteiger partial charge in [0.1, 0.15) is 0 Å². The van der Waals surface area contributed by atoms with Crippen LogP contribution in [0.15, 0.2) is 47.3 Å². The Kier molecular flexibility index (Phi) is 3.65. The Morgan fingerprint density at radius 3 is 2.84 bits per heavy atom. The highest BCUT2D eigenvalue weighted by molar-refractivity contribution is 5.95. The third-order valence-corrected chi connectivity index (χ3v) is 4.18. The highest BCUT2D eigenvalue weighted by Gasteiger charge is 2.16. The summed E-state index contributed by atoms with van der Waals surface area (Å²) in [6, 6.07) is 12.6. The van der Waals surface area contributed by atoms with E-state index in [1.165, 1.54) is 0 Å². The molecule has 0 atom stereocenters. The molecule has 0 spiro atoms. The van der Waals surface area contributed by atoms with Gasteiger partial charge in [-0.05, 0) is 54.3 Å². The minimum absolute atomic E-state index is 0.0867.